The highest BCUT2D eigenvalue weighted by atomic mass is 16.2. The van der Waals surface area contributed by atoms with Crippen molar-refractivity contribution >= 4 is 58.2 Å². The molecule has 12 heteroatoms. The van der Waals surface area contributed by atoms with E-state index < -0.39 is 0 Å². The minimum atomic E-state index is -0.371. The van der Waals surface area contributed by atoms with E-state index in [0.717, 1.165) is 141 Å². The number of carbonyl (C=O) groups excluding carboxylic acids is 6. The molecule has 404 valence electrons. The second-order valence-electron chi connectivity index (χ2n) is 20.1. The van der Waals surface area contributed by atoms with Gasteiger partial charge in [-0.1, -0.05) is 156 Å². The van der Waals surface area contributed by atoms with E-state index in [0.29, 0.717) is 74.9 Å². The SMILES string of the molecule is CCCCCCCCN(C(C)=O)c1cc2c(cc1C(=O)N(CC)CC)C(=O)N(CCCCCCCC)c1cc(N(CCCCCCCC)C(C)=O)c(C(=O)N(CC)CC)cc1C(=O)N2CCCCCCCC. The number of hydrogen-bond acceptors (Lipinski definition) is 6. The molecule has 0 radical (unpaired) electrons. The van der Waals surface area contributed by atoms with Gasteiger partial charge in [-0.3, -0.25) is 28.8 Å². The Labute approximate surface area is 437 Å². The Balaban J connectivity index is 2.52. The van der Waals surface area contributed by atoms with Gasteiger partial charge in [0.1, 0.15) is 0 Å². The molecule has 3 rings (SSSR count). The molecule has 12 nitrogen and oxygen atoms in total. The van der Waals surface area contributed by atoms with Crippen LogP contribution in [-0.2, 0) is 9.59 Å². The predicted molar refractivity (Wildman–Crippen MR) is 300 cm³/mol. The summed E-state index contributed by atoms with van der Waals surface area (Å²) in [4.78, 5) is 99.5. The number of carbonyl (C=O) groups is 6. The van der Waals surface area contributed by atoms with E-state index in [9.17, 15) is 19.2 Å². The summed E-state index contributed by atoms with van der Waals surface area (Å²) in [7, 11) is 0. The molecule has 0 fully saturated rings. The largest absolute Gasteiger partial charge is 0.339 e. The highest BCUT2D eigenvalue weighted by molar-refractivity contribution is 6.23. The van der Waals surface area contributed by atoms with Crippen molar-refractivity contribution in [3.8, 4) is 0 Å². The number of anilines is 4. The van der Waals surface area contributed by atoms with Crippen molar-refractivity contribution < 1.29 is 28.8 Å². The highest BCUT2D eigenvalue weighted by Crippen LogP contribution is 2.41. The molecule has 2 aromatic carbocycles. The van der Waals surface area contributed by atoms with Crippen LogP contribution in [-0.4, -0.2) is 97.6 Å². The van der Waals surface area contributed by atoms with Gasteiger partial charge in [-0.05, 0) is 77.6 Å². The average Bonchev–Trinajstić information content (AvgIpc) is 3.37. The van der Waals surface area contributed by atoms with Crippen LogP contribution in [0.4, 0.5) is 22.7 Å². The van der Waals surface area contributed by atoms with Gasteiger partial charge < -0.3 is 29.4 Å². The Morgan fingerprint density at radius 3 is 0.944 bits per heavy atom. The molecule has 0 bridgehead atoms. The summed E-state index contributed by atoms with van der Waals surface area (Å²) in [6.07, 6.45) is 23.8. The van der Waals surface area contributed by atoms with Crippen molar-refractivity contribution in [2.45, 2.75) is 223 Å². The third kappa shape index (κ3) is 17.7. The molecule has 0 unspecified atom stereocenters. The summed E-state index contributed by atoms with van der Waals surface area (Å²) < 4.78 is 0. The molecular weight excluding hydrogens is 901 g/mol. The Morgan fingerprint density at radius 1 is 0.389 bits per heavy atom. The van der Waals surface area contributed by atoms with Crippen molar-refractivity contribution in [2.24, 2.45) is 0 Å². The summed E-state index contributed by atoms with van der Waals surface area (Å²) in [5, 5.41) is 0. The molecule has 0 aromatic heterocycles. The molecule has 6 amide bonds. The number of nitrogens with zero attached hydrogens (tertiary/aromatic N) is 6. The van der Waals surface area contributed by atoms with Gasteiger partial charge in [-0.2, -0.15) is 0 Å². The minimum Gasteiger partial charge on any atom is -0.339 e. The van der Waals surface area contributed by atoms with Crippen LogP contribution in [0.2, 0.25) is 0 Å². The third-order valence-electron chi connectivity index (χ3n) is 14.6. The quantitative estimate of drug-likeness (QED) is 0.0627. The Morgan fingerprint density at radius 2 is 0.667 bits per heavy atom. The van der Waals surface area contributed by atoms with Gasteiger partial charge in [0.25, 0.3) is 23.6 Å². The third-order valence-corrected chi connectivity index (χ3v) is 14.6. The van der Waals surface area contributed by atoms with E-state index in [4.69, 9.17) is 0 Å². The molecule has 0 saturated heterocycles. The fraction of sp³-hybridized carbons (Fsp3) is 0.700. The van der Waals surface area contributed by atoms with Gasteiger partial charge in [0.05, 0.1) is 45.0 Å². The van der Waals surface area contributed by atoms with Gasteiger partial charge >= 0.3 is 0 Å². The summed E-state index contributed by atoms with van der Waals surface area (Å²) in [6.45, 7) is 22.5. The second kappa shape index (κ2) is 33.9. The minimum absolute atomic E-state index is 0.216. The zero-order valence-corrected chi connectivity index (χ0v) is 47.1. The number of fused-ring (bicyclic) bond motifs is 2. The first-order valence-corrected chi connectivity index (χ1v) is 29.0. The molecule has 1 aliphatic rings. The highest BCUT2D eigenvalue weighted by Gasteiger charge is 2.38. The van der Waals surface area contributed by atoms with Crippen LogP contribution in [0.3, 0.4) is 0 Å². The molecule has 1 aliphatic heterocycles. The maximum atomic E-state index is 16.0. The van der Waals surface area contributed by atoms with Crippen LogP contribution in [0.5, 0.6) is 0 Å². The lowest BCUT2D eigenvalue weighted by Crippen LogP contribution is -2.43. The first-order valence-electron chi connectivity index (χ1n) is 29.0. The second-order valence-corrected chi connectivity index (χ2v) is 20.1. The number of hydrogen-bond donors (Lipinski definition) is 0. The van der Waals surface area contributed by atoms with Crippen molar-refractivity contribution in [2.75, 3.05) is 72.0 Å². The maximum Gasteiger partial charge on any atom is 0.260 e. The molecule has 0 saturated carbocycles. The molecule has 2 aromatic rings. The summed E-state index contributed by atoms with van der Waals surface area (Å²) in [5.74, 6) is -1.75. The first kappa shape index (κ1) is 61.6. The van der Waals surface area contributed by atoms with Crippen LogP contribution < -0.4 is 19.6 Å². The van der Waals surface area contributed by atoms with E-state index in [1.54, 1.807) is 53.7 Å². The van der Waals surface area contributed by atoms with E-state index in [-0.39, 0.29) is 70.8 Å². The number of amides is 6. The van der Waals surface area contributed by atoms with Gasteiger partial charge in [-0.25, -0.2) is 0 Å². The summed E-state index contributed by atoms with van der Waals surface area (Å²) >= 11 is 0. The fourth-order valence-corrected chi connectivity index (χ4v) is 10.1. The van der Waals surface area contributed by atoms with Gasteiger partial charge in [0.2, 0.25) is 11.8 Å². The maximum absolute atomic E-state index is 16.0. The smallest absolute Gasteiger partial charge is 0.260 e. The van der Waals surface area contributed by atoms with Crippen molar-refractivity contribution in [1.82, 2.24) is 9.80 Å². The van der Waals surface area contributed by atoms with Crippen molar-refractivity contribution in [1.29, 1.82) is 0 Å². The van der Waals surface area contributed by atoms with Crippen molar-refractivity contribution in [3.63, 3.8) is 0 Å². The summed E-state index contributed by atoms with van der Waals surface area (Å²) in [6, 6.07) is 6.84. The number of unbranched alkanes of at least 4 members (excludes halogenated alkanes) is 20. The molecule has 72 heavy (non-hydrogen) atoms. The lowest BCUT2D eigenvalue weighted by molar-refractivity contribution is -0.117. The zero-order valence-electron chi connectivity index (χ0n) is 47.1. The van der Waals surface area contributed by atoms with E-state index >= 15 is 9.59 Å². The van der Waals surface area contributed by atoms with Gasteiger partial charge in [0.15, 0.2) is 0 Å². The predicted octanol–water partition coefficient (Wildman–Crippen LogP) is 14.4. The summed E-state index contributed by atoms with van der Waals surface area (Å²) in [5.41, 5.74) is 2.43. The molecule has 0 aliphatic carbocycles. The van der Waals surface area contributed by atoms with Crippen molar-refractivity contribution in [3.05, 3.63) is 46.5 Å². The number of rotatable bonds is 36. The van der Waals surface area contributed by atoms with Crippen LogP contribution in [0, 0.1) is 0 Å². The Kier molecular flexibility index (Phi) is 29.0. The van der Waals surface area contributed by atoms with Crippen LogP contribution in [0.15, 0.2) is 24.3 Å². The topological polar surface area (TPSA) is 122 Å². The molecule has 0 spiro atoms. The molecular formula is C60H98N6O6. The van der Waals surface area contributed by atoms with E-state index in [1.165, 1.54) is 13.8 Å². The Hall–Kier alpha value is -4.74. The normalized spacial score (nSPS) is 12.4. The molecule has 0 atom stereocenters. The Bertz CT molecular complexity index is 1870. The van der Waals surface area contributed by atoms with Crippen LogP contribution in [0.1, 0.15) is 265 Å². The fourth-order valence-electron chi connectivity index (χ4n) is 10.1. The zero-order chi connectivity index (χ0) is 53.0. The van der Waals surface area contributed by atoms with E-state index in [1.807, 2.05) is 27.7 Å². The standard InChI is InChI=1S/C60H98N6O6/c1-11-19-23-27-31-35-39-63(47(9)67)53-45-55-51(43-49(53)57(69)61(15-5)16-6)59(71)66(42-38-34-30-26-22-14-4)56-46-54(64(48(10)68)40-36-32-28-24-20-12-2)50(58(70)62(17-7)18-8)44-52(56)60(72)65(55)41-37-33-29-25-21-13-3/h43-46H,11-42H2,1-10H3. The molecule has 1 heterocycles. The number of benzene rings is 2. The monoisotopic (exact) mass is 999 g/mol. The first-order chi connectivity index (χ1) is 34.8. The van der Waals surface area contributed by atoms with Gasteiger partial charge in [-0.15, -0.1) is 0 Å². The van der Waals surface area contributed by atoms with E-state index in [2.05, 4.69) is 27.7 Å². The molecule has 0 N–H and O–H groups in total. The van der Waals surface area contributed by atoms with Crippen LogP contribution in [0.25, 0.3) is 0 Å². The lowest BCUT2D eigenvalue weighted by atomic mass is 9.95. The average molecular weight is 999 g/mol. The van der Waals surface area contributed by atoms with Crippen LogP contribution >= 0.6 is 0 Å². The van der Waals surface area contributed by atoms with Gasteiger partial charge in [0, 0.05) is 66.2 Å². The lowest BCUT2D eigenvalue weighted by Gasteiger charge is -2.36.